The van der Waals surface area contributed by atoms with Crippen LogP contribution in [0.2, 0.25) is 0 Å². The first kappa shape index (κ1) is 13.7. The molecule has 5 nitrogen and oxygen atoms in total. The van der Waals surface area contributed by atoms with Crippen molar-refractivity contribution in [3.63, 3.8) is 0 Å². The highest BCUT2D eigenvalue weighted by atomic mass is 16.6. The van der Waals surface area contributed by atoms with Gasteiger partial charge in [-0.25, -0.2) is 0 Å². The van der Waals surface area contributed by atoms with E-state index in [9.17, 15) is 4.79 Å². The Bertz CT molecular complexity index is 435. The van der Waals surface area contributed by atoms with Crippen molar-refractivity contribution in [3.05, 3.63) is 23.8 Å². The molecule has 0 saturated heterocycles. The van der Waals surface area contributed by atoms with Gasteiger partial charge >= 0.3 is 0 Å². The Kier molecular flexibility index (Phi) is 5.03. The van der Waals surface area contributed by atoms with Gasteiger partial charge in [-0.3, -0.25) is 4.79 Å². The standard InChI is InChI=1S/C14H20N2O3/c15-13(17)6-1-2-7-16-10-11-4-3-5-12-14(11)19-9-8-18-12/h3-5,16H,1-2,6-10H2,(H2,15,17). The maximum atomic E-state index is 10.6. The monoisotopic (exact) mass is 264 g/mol. The van der Waals surface area contributed by atoms with Gasteiger partial charge in [-0.05, 0) is 25.5 Å². The van der Waals surface area contributed by atoms with Crippen LogP contribution < -0.4 is 20.5 Å². The van der Waals surface area contributed by atoms with E-state index >= 15 is 0 Å². The number of hydrogen-bond donors (Lipinski definition) is 2. The van der Waals surface area contributed by atoms with Crippen LogP contribution in [0.25, 0.3) is 0 Å². The molecule has 0 aromatic heterocycles. The van der Waals surface area contributed by atoms with E-state index in [1.54, 1.807) is 0 Å². The molecule has 19 heavy (non-hydrogen) atoms. The van der Waals surface area contributed by atoms with E-state index in [0.717, 1.165) is 43.0 Å². The highest BCUT2D eigenvalue weighted by Gasteiger charge is 2.14. The predicted molar refractivity (Wildman–Crippen MR) is 72.2 cm³/mol. The van der Waals surface area contributed by atoms with Crippen LogP contribution in [0, 0.1) is 0 Å². The van der Waals surface area contributed by atoms with Crippen LogP contribution in [0.1, 0.15) is 24.8 Å². The fourth-order valence-corrected chi connectivity index (χ4v) is 2.05. The summed E-state index contributed by atoms with van der Waals surface area (Å²) in [5.41, 5.74) is 6.19. The molecule has 0 unspecified atom stereocenters. The van der Waals surface area contributed by atoms with Gasteiger partial charge in [0.1, 0.15) is 13.2 Å². The lowest BCUT2D eigenvalue weighted by Gasteiger charge is -2.21. The molecular formula is C14H20N2O3. The summed E-state index contributed by atoms with van der Waals surface area (Å²) in [6.07, 6.45) is 2.23. The molecular weight excluding hydrogens is 244 g/mol. The van der Waals surface area contributed by atoms with Crippen LogP contribution in [0.15, 0.2) is 18.2 Å². The van der Waals surface area contributed by atoms with Crippen LogP contribution in [0.4, 0.5) is 0 Å². The van der Waals surface area contributed by atoms with Crippen molar-refractivity contribution < 1.29 is 14.3 Å². The van der Waals surface area contributed by atoms with Crippen molar-refractivity contribution in [1.82, 2.24) is 5.32 Å². The lowest BCUT2D eigenvalue weighted by Crippen LogP contribution is -2.20. The number of carbonyl (C=O) groups is 1. The van der Waals surface area contributed by atoms with E-state index in [4.69, 9.17) is 15.2 Å². The summed E-state index contributed by atoms with van der Waals surface area (Å²) in [6.45, 7) is 2.81. The number of nitrogens with two attached hydrogens (primary N) is 1. The van der Waals surface area contributed by atoms with Gasteiger partial charge in [0, 0.05) is 18.5 Å². The number of primary amides is 1. The molecule has 0 aliphatic carbocycles. The SMILES string of the molecule is NC(=O)CCCCNCc1cccc2c1OCCO2. The van der Waals surface area contributed by atoms with Crippen molar-refractivity contribution in [2.24, 2.45) is 5.73 Å². The van der Waals surface area contributed by atoms with Crippen LogP contribution in [0.5, 0.6) is 11.5 Å². The number of unbranched alkanes of at least 4 members (excludes halogenated alkanes) is 1. The fraction of sp³-hybridized carbons (Fsp3) is 0.500. The van der Waals surface area contributed by atoms with Gasteiger partial charge in [0.2, 0.25) is 5.91 Å². The van der Waals surface area contributed by atoms with Gasteiger partial charge in [0.05, 0.1) is 0 Å². The molecule has 2 rings (SSSR count). The van der Waals surface area contributed by atoms with Crippen LogP contribution in [-0.4, -0.2) is 25.7 Å². The third-order valence-electron chi connectivity index (χ3n) is 2.99. The maximum absolute atomic E-state index is 10.6. The Morgan fingerprint density at radius 2 is 2.11 bits per heavy atom. The Labute approximate surface area is 113 Å². The summed E-state index contributed by atoms with van der Waals surface area (Å²) >= 11 is 0. The number of amides is 1. The van der Waals surface area contributed by atoms with Crippen molar-refractivity contribution in [2.45, 2.75) is 25.8 Å². The molecule has 1 aliphatic heterocycles. The summed E-state index contributed by atoms with van der Waals surface area (Å²) in [6, 6.07) is 5.92. The number of para-hydroxylation sites is 1. The number of fused-ring (bicyclic) bond motifs is 1. The second kappa shape index (κ2) is 6.99. The molecule has 0 fully saturated rings. The van der Waals surface area contributed by atoms with Crippen molar-refractivity contribution >= 4 is 5.91 Å². The average molecular weight is 264 g/mol. The third kappa shape index (κ3) is 4.13. The molecule has 5 heteroatoms. The van der Waals surface area contributed by atoms with E-state index in [-0.39, 0.29) is 5.91 Å². The van der Waals surface area contributed by atoms with Crippen molar-refractivity contribution in [3.8, 4) is 11.5 Å². The number of rotatable bonds is 7. The van der Waals surface area contributed by atoms with Gasteiger partial charge in [0.15, 0.2) is 11.5 Å². The minimum absolute atomic E-state index is 0.234. The number of nitrogens with one attached hydrogen (secondary N) is 1. The minimum atomic E-state index is -0.234. The molecule has 0 atom stereocenters. The molecule has 1 heterocycles. The van der Waals surface area contributed by atoms with Crippen LogP contribution in [0.3, 0.4) is 0 Å². The number of ether oxygens (including phenoxy) is 2. The van der Waals surface area contributed by atoms with Gasteiger partial charge in [-0.1, -0.05) is 12.1 Å². The average Bonchev–Trinajstić information content (AvgIpc) is 2.42. The van der Waals surface area contributed by atoms with Gasteiger partial charge in [-0.2, -0.15) is 0 Å². The van der Waals surface area contributed by atoms with Gasteiger partial charge in [0.25, 0.3) is 0 Å². The lowest BCUT2D eigenvalue weighted by atomic mass is 10.1. The first-order chi connectivity index (χ1) is 9.27. The van der Waals surface area contributed by atoms with Gasteiger partial charge in [-0.15, -0.1) is 0 Å². The Morgan fingerprint density at radius 1 is 1.26 bits per heavy atom. The molecule has 1 aliphatic rings. The number of hydrogen-bond acceptors (Lipinski definition) is 4. The molecule has 0 radical (unpaired) electrons. The molecule has 0 bridgehead atoms. The first-order valence-corrected chi connectivity index (χ1v) is 6.64. The highest BCUT2D eigenvalue weighted by Crippen LogP contribution is 2.33. The predicted octanol–water partition coefficient (Wildman–Crippen LogP) is 1.20. The molecule has 3 N–H and O–H groups in total. The topological polar surface area (TPSA) is 73.6 Å². The van der Waals surface area contributed by atoms with Crippen LogP contribution >= 0.6 is 0 Å². The van der Waals surface area contributed by atoms with E-state index < -0.39 is 0 Å². The quantitative estimate of drug-likeness (QED) is 0.726. The van der Waals surface area contributed by atoms with Crippen molar-refractivity contribution in [1.29, 1.82) is 0 Å². The number of carbonyl (C=O) groups excluding carboxylic acids is 1. The molecule has 104 valence electrons. The fourth-order valence-electron chi connectivity index (χ4n) is 2.05. The molecule has 0 spiro atoms. The smallest absolute Gasteiger partial charge is 0.217 e. The third-order valence-corrected chi connectivity index (χ3v) is 2.99. The normalized spacial score (nSPS) is 13.3. The second-order valence-corrected chi connectivity index (χ2v) is 4.54. The van der Waals surface area contributed by atoms with E-state index in [2.05, 4.69) is 5.32 Å². The lowest BCUT2D eigenvalue weighted by molar-refractivity contribution is -0.118. The molecule has 1 aromatic carbocycles. The molecule has 1 aromatic rings. The zero-order chi connectivity index (χ0) is 13.5. The summed E-state index contributed by atoms with van der Waals surface area (Å²) in [7, 11) is 0. The van der Waals surface area contributed by atoms with Gasteiger partial charge < -0.3 is 20.5 Å². The first-order valence-electron chi connectivity index (χ1n) is 6.64. The van der Waals surface area contributed by atoms with Crippen LogP contribution in [-0.2, 0) is 11.3 Å². The van der Waals surface area contributed by atoms with E-state index in [0.29, 0.717) is 19.6 Å². The Morgan fingerprint density at radius 3 is 2.95 bits per heavy atom. The largest absolute Gasteiger partial charge is 0.486 e. The number of benzene rings is 1. The molecule has 1 amide bonds. The van der Waals surface area contributed by atoms with E-state index in [1.165, 1.54) is 0 Å². The summed E-state index contributed by atoms with van der Waals surface area (Å²) in [5.74, 6) is 1.43. The van der Waals surface area contributed by atoms with E-state index in [1.807, 2.05) is 18.2 Å². The Hall–Kier alpha value is -1.75. The zero-order valence-corrected chi connectivity index (χ0v) is 11.0. The summed E-state index contributed by atoms with van der Waals surface area (Å²) in [4.78, 5) is 10.6. The zero-order valence-electron chi connectivity index (χ0n) is 11.0. The highest BCUT2D eigenvalue weighted by molar-refractivity contribution is 5.73. The maximum Gasteiger partial charge on any atom is 0.217 e. The second-order valence-electron chi connectivity index (χ2n) is 4.54. The van der Waals surface area contributed by atoms with Crippen molar-refractivity contribution in [2.75, 3.05) is 19.8 Å². The molecule has 0 saturated carbocycles. The summed E-state index contributed by atoms with van der Waals surface area (Å²) < 4.78 is 11.2. The minimum Gasteiger partial charge on any atom is -0.486 e. The summed E-state index contributed by atoms with van der Waals surface area (Å²) in [5, 5.41) is 3.34. The Balaban J connectivity index is 1.75.